The fourth-order valence-corrected chi connectivity index (χ4v) is 4.01. The van der Waals surface area contributed by atoms with Crippen molar-refractivity contribution in [2.24, 2.45) is 4.36 Å². The molecular weight excluding hydrogens is 430 g/mol. The number of nitrogens with one attached hydrogen (secondary N) is 1. The number of amides is 2. The lowest BCUT2D eigenvalue weighted by Crippen LogP contribution is -2.24. The number of aliphatic hydroxyl groups is 1. The molecule has 0 spiro atoms. The fourth-order valence-electron chi connectivity index (χ4n) is 1.88. The average Bonchev–Trinajstić information content (AvgIpc) is 2.88. The fraction of sp³-hybridized carbons (Fsp3) is 0.143. The molecule has 0 fully saturated rings. The maximum absolute atomic E-state index is 13.4. The number of aliphatic hydroxyl groups excluding tert-OH is 1. The van der Waals surface area contributed by atoms with Gasteiger partial charge in [-0.1, -0.05) is 27.6 Å². The summed E-state index contributed by atoms with van der Waals surface area (Å²) in [7, 11) is -3.01. The third-order valence-electron chi connectivity index (χ3n) is 2.99. The van der Waals surface area contributed by atoms with Crippen LogP contribution in [0, 0.1) is 5.82 Å². The Balaban J connectivity index is 2.63. The first-order valence-corrected chi connectivity index (χ1v) is 9.33. The molecule has 0 aliphatic carbocycles. The molecule has 2 N–H and O–H groups in total. The van der Waals surface area contributed by atoms with E-state index in [2.05, 4.69) is 9.68 Å². The van der Waals surface area contributed by atoms with Crippen molar-refractivity contribution < 1.29 is 27.5 Å². The molecule has 2 rings (SSSR count). The lowest BCUT2D eigenvalue weighted by Gasteiger charge is -2.06. The number of carbonyl (C=O) groups is 2. The standard InChI is InChI=1S/C14H9Cl2FN2O5S2/c1-5(20)12(21)18-14-7(13(22)19-26(23)24)4-10(25-14)11-8(15)2-6(17)3-9(11)16/h2-5,20H,1H3,(H,18,21). The van der Waals surface area contributed by atoms with Crippen LogP contribution in [-0.4, -0.2) is 31.4 Å². The summed E-state index contributed by atoms with van der Waals surface area (Å²) in [5, 5.41) is 11.4. The van der Waals surface area contributed by atoms with Crippen LogP contribution in [-0.2, 0) is 15.3 Å². The zero-order valence-electron chi connectivity index (χ0n) is 12.8. The number of benzene rings is 1. The summed E-state index contributed by atoms with van der Waals surface area (Å²) in [6.45, 7) is 1.20. The monoisotopic (exact) mass is 438 g/mol. The van der Waals surface area contributed by atoms with E-state index < -0.39 is 34.2 Å². The molecule has 138 valence electrons. The summed E-state index contributed by atoms with van der Waals surface area (Å²) in [6.07, 6.45) is -1.38. The summed E-state index contributed by atoms with van der Waals surface area (Å²) >= 11 is 12.8. The average molecular weight is 439 g/mol. The van der Waals surface area contributed by atoms with Crippen molar-refractivity contribution in [1.29, 1.82) is 0 Å². The van der Waals surface area contributed by atoms with Gasteiger partial charge in [0.1, 0.15) is 16.9 Å². The van der Waals surface area contributed by atoms with Gasteiger partial charge in [-0.2, -0.15) is 8.42 Å². The van der Waals surface area contributed by atoms with E-state index >= 15 is 0 Å². The van der Waals surface area contributed by atoms with Crippen molar-refractivity contribution >= 4 is 61.9 Å². The topological polar surface area (TPSA) is 113 Å². The lowest BCUT2D eigenvalue weighted by molar-refractivity contribution is -0.123. The van der Waals surface area contributed by atoms with Gasteiger partial charge in [0, 0.05) is 10.4 Å². The molecule has 0 bridgehead atoms. The van der Waals surface area contributed by atoms with Crippen molar-refractivity contribution in [3.05, 3.63) is 39.6 Å². The predicted molar refractivity (Wildman–Crippen MR) is 95.7 cm³/mol. The van der Waals surface area contributed by atoms with E-state index in [1.807, 2.05) is 0 Å². The summed E-state index contributed by atoms with van der Waals surface area (Å²) in [6, 6.07) is 3.23. The Morgan fingerprint density at radius 3 is 2.35 bits per heavy atom. The molecule has 1 unspecified atom stereocenters. The molecule has 0 aliphatic rings. The summed E-state index contributed by atoms with van der Waals surface area (Å²) < 4.78 is 37.5. The van der Waals surface area contributed by atoms with Gasteiger partial charge in [-0.15, -0.1) is 11.3 Å². The van der Waals surface area contributed by atoms with E-state index in [0.717, 1.165) is 23.5 Å². The van der Waals surface area contributed by atoms with Gasteiger partial charge in [-0.25, -0.2) is 4.39 Å². The molecule has 0 saturated carbocycles. The van der Waals surface area contributed by atoms with Gasteiger partial charge < -0.3 is 10.4 Å². The summed E-state index contributed by atoms with van der Waals surface area (Å²) in [4.78, 5) is 24.0. The van der Waals surface area contributed by atoms with Crippen molar-refractivity contribution in [2.45, 2.75) is 13.0 Å². The van der Waals surface area contributed by atoms with Crippen LogP contribution in [0.3, 0.4) is 0 Å². The lowest BCUT2D eigenvalue weighted by atomic mass is 10.1. The Kier molecular flexibility index (Phi) is 6.48. The van der Waals surface area contributed by atoms with Crippen LogP contribution < -0.4 is 5.32 Å². The quantitative estimate of drug-likeness (QED) is 0.759. The largest absolute Gasteiger partial charge is 0.384 e. The van der Waals surface area contributed by atoms with Crippen molar-refractivity contribution in [2.75, 3.05) is 5.32 Å². The number of anilines is 1. The Morgan fingerprint density at radius 2 is 1.85 bits per heavy atom. The first kappa shape index (κ1) is 20.5. The zero-order chi connectivity index (χ0) is 19.6. The third kappa shape index (κ3) is 4.65. The number of rotatable bonds is 4. The molecule has 26 heavy (non-hydrogen) atoms. The highest BCUT2D eigenvalue weighted by Crippen LogP contribution is 2.42. The van der Waals surface area contributed by atoms with Gasteiger partial charge >= 0.3 is 10.5 Å². The molecule has 1 aromatic heterocycles. The summed E-state index contributed by atoms with van der Waals surface area (Å²) in [5.41, 5.74) is -0.0609. The Bertz CT molecular complexity index is 1000. The number of hydrogen-bond donors (Lipinski definition) is 2. The molecule has 7 nitrogen and oxygen atoms in total. The molecule has 2 aromatic rings. The third-order valence-corrected chi connectivity index (χ3v) is 4.97. The molecule has 0 radical (unpaired) electrons. The SMILES string of the molecule is CC(O)C(=O)Nc1sc(-c2c(Cl)cc(F)cc2Cl)cc1C(=O)N=S(=O)=O. The van der Waals surface area contributed by atoms with Crippen molar-refractivity contribution in [3.63, 3.8) is 0 Å². The molecule has 1 heterocycles. The maximum Gasteiger partial charge on any atom is 0.319 e. The van der Waals surface area contributed by atoms with E-state index in [0.29, 0.717) is 0 Å². The van der Waals surface area contributed by atoms with Crippen LogP contribution in [0.1, 0.15) is 17.3 Å². The van der Waals surface area contributed by atoms with Crippen LogP contribution in [0.4, 0.5) is 9.39 Å². The maximum atomic E-state index is 13.4. The minimum absolute atomic E-state index is 0.0482. The molecule has 2 amide bonds. The Hall–Kier alpha value is -1.85. The Morgan fingerprint density at radius 1 is 1.27 bits per heavy atom. The highest BCUT2D eigenvalue weighted by molar-refractivity contribution is 7.62. The van der Waals surface area contributed by atoms with Crippen LogP contribution in [0.5, 0.6) is 0 Å². The van der Waals surface area contributed by atoms with E-state index in [-0.39, 0.29) is 31.1 Å². The second kappa shape index (κ2) is 8.23. The first-order chi connectivity index (χ1) is 12.1. The minimum Gasteiger partial charge on any atom is -0.384 e. The van der Waals surface area contributed by atoms with Gasteiger partial charge in [0.25, 0.3) is 11.8 Å². The van der Waals surface area contributed by atoms with Gasteiger partial charge in [0.15, 0.2) is 0 Å². The van der Waals surface area contributed by atoms with Gasteiger partial charge in [-0.3, -0.25) is 9.59 Å². The first-order valence-electron chi connectivity index (χ1n) is 6.73. The normalized spacial score (nSPS) is 11.7. The zero-order valence-corrected chi connectivity index (χ0v) is 15.9. The minimum atomic E-state index is -3.01. The van der Waals surface area contributed by atoms with E-state index in [1.165, 1.54) is 13.0 Å². The van der Waals surface area contributed by atoms with E-state index in [4.69, 9.17) is 23.2 Å². The molecular formula is C14H9Cl2FN2O5S2. The molecule has 0 saturated heterocycles. The Labute approximate surface area is 162 Å². The number of carbonyl (C=O) groups excluding carboxylic acids is 2. The number of hydrogen-bond acceptors (Lipinski definition) is 6. The highest BCUT2D eigenvalue weighted by Gasteiger charge is 2.22. The van der Waals surface area contributed by atoms with Crippen LogP contribution in [0.25, 0.3) is 10.4 Å². The number of nitrogens with zero attached hydrogens (tertiary/aromatic N) is 1. The van der Waals surface area contributed by atoms with Crippen LogP contribution in [0.15, 0.2) is 22.6 Å². The van der Waals surface area contributed by atoms with Gasteiger partial charge in [-0.05, 0) is 25.1 Å². The molecule has 0 aliphatic heterocycles. The van der Waals surface area contributed by atoms with Crippen LogP contribution >= 0.6 is 34.5 Å². The molecule has 12 heteroatoms. The number of thiophene rings is 1. The predicted octanol–water partition coefficient (Wildman–Crippen LogP) is 3.38. The van der Waals surface area contributed by atoms with Crippen molar-refractivity contribution in [3.8, 4) is 10.4 Å². The number of halogens is 3. The molecule has 1 atom stereocenters. The van der Waals surface area contributed by atoms with Crippen LogP contribution in [0.2, 0.25) is 10.0 Å². The van der Waals surface area contributed by atoms with E-state index in [1.54, 1.807) is 0 Å². The second-order valence-corrected chi connectivity index (χ2v) is 7.36. The second-order valence-electron chi connectivity index (χ2n) is 4.88. The van der Waals surface area contributed by atoms with E-state index in [9.17, 15) is 27.5 Å². The van der Waals surface area contributed by atoms with Gasteiger partial charge in [0.05, 0.1) is 15.6 Å². The highest BCUT2D eigenvalue weighted by atomic mass is 35.5. The van der Waals surface area contributed by atoms with Crippen molar-refractivity contribution in [1.82, 2.24) is 0 Å². The van der Waals surface area contributed by atoms with Gasteiger partial charge in [0.2, 0.25) is 0 Å². The smallest absolute Gasteiger partial charge is 0.319 e. The molecule has 1 aromatic carbocycles. The summed E-state index contributed by atoms with van der Waals surface area (Å²) in [5.74, 6) is -2.64.